The zero-order valence-electron chi connectivity index (χ0n) is 13.2. The number of hydrogen-bond donors (Lipinski definition) is 5. The summed E-state index contributed by atoms with van der Waals surface area (Å²) in [5.74, 6) is -0.720. The van der Waals surface area contributed by atoms with Crippen molar-refractivity contribution in [3.05, 3.63) is 35.9 Å². The van der Waals surface area contributed by atoms with Crippen LogP contribution in [0, 0.1) is 0 Å². The molecular formula is C16H26N4O3. The monoisotopic (exact) mass is 322 g/mol. The van der Waals surface area contributed by atoms with Crippen molar-refractivity contribution >= 4 is 11.8 Å². The lowest BCUT2D eigenvalue weighted by Gasteiger charge is -2.20. The maximum atomic E-state index is 12.2. The van der Waals surface area contributed by atoms with E-state index in [1.165, 1.54) is 0 Å². The normalized spacial score (nSPS) is 13.2. The molecular weight excluding hydrogens is 296 g/mol. The molecule has 128 valence electrons. The van der Waals surface area contributed by atoms with Crippen LogP contribution in [0.4, 0.5) is 0 Å². The number of nitrogens with two attached hydrogens (primary N) is 2. The van der Waals surface area contributed by atoms with Gasteiger partial charge in [0.1, 0.15) is 6.04 Å². The van der Waals surface area contributed by atoms with Gasteiger partial charge in [-0.05, 0) is 31.4 Å². The Bertz CT molecular complexity index is 481. The van der Waals surface area contributed by atoms with Gasteiger partial charge in [0.05, 0.1) is 12.6 Å². The second kappa shape index (κ2) is 10.7. The fraction of sp³-hybridized carbons (Fsp3) is 0.500. The third kappa shape index (κ3) is 7.23. The van der Waals surface area contributed by atoms with Gasteiger partial charge >= 0.3 is 0 Å². The minimum absolute atomic E-state index is 0.143. The minimum atomic E-state index is -0.733. The molecule has 0 aromatic heterocycles. The van der Waals surface area contributed by atoms with E-state index in [-0.39, 0.29) is 25.0 Å². The Balaban J connectivity index is 2.58. The molecule has 1 aromatic rings. The van der Waals surface area contributed by atoms with Gasteiger partial charge in [-0.15, -0.1) is 0 Å². The summed E-state index contributed by atoms with van der Waals surface area (Å²) in [4.78, 5) is 24.2. The molecule has 2 atom stereocenters. The Hall–Kier alpha value is -1.96. The van der Waals surface area contributed by atoms with E-state index in [4.69, 9.17) is 16.6 Å². The average Bonchev–Trinajstić information content (AvgIpc) is 2.57. The predicted molar refractivity (Wildman–Crippen MR) is 88.4 cm³/mol. The molecule has 7 N–H and O–H groups in total. The van der Waals surface area contributed by atoms with Crippen molar-refractivity contribution in [1.29, 1.82) is 0 Å². The van der Waals surface area contributed by atoms with E-state index in [0.717, 1.165) is 5.56 Å². The average molecular weight is 322 g/mol. The quantitative estimate of drug-likeness (QED) is 0.373. The Morgan fingerprint density at radius 1 is 1.17 bits per heavy atom. The molecule has 0 spiro atoms. The van der Waals surface area contributed by atoms with Crippen LogP contribution in [0.3, 0.4) is 0 Å². The van der Waals surface area contributed by atoms with Crippen LogP contribution in [0.25, 0.3) is 0 Å². The van der Waals surface area contributed by atoms with Crippen LogP contribution in [0.5, 0.6) is 0 Å². The lowest BCUT2D eigenvalue weighted by Crippen LogP contribution is -2.52. The zero-order valence-corrected chi connectivity index (χ0v) is 13.2. The Morgan fingerprint density at radius 3 is 2.48 bits per heavy atom. The number of carbonyl (C=O) groups is 2. The van der Waals surface area contributed by atoms with Crippen LogP contribution in [-0.4, -0.2) is 48.7 Å². The molecule has 0 aliphatic rings. The number of carbonyl (C=O) groups excluding carboxylic acids is 2. The maximum absolute atomic E-state index is 12.2. The zero-order chi connectivity index (χ0) is 17.1. The Morgan fingerprint density at radius 2 is 1.87 bits per heavy atom. The molecule has 0 heterocycles. The summed E-state index contributed by atoms with van der Waals surface area (Å²) < 4.78 is 0. The fourth-order valence-electron chi connectivity index (χ4n) is 2.13. The smallest absolute Gasteiger partial charge is 0.242 e. The molecule has 2 unspecified atom stereocenters. The number of rotatable bonds is 10. The molecule has 1 rings (SSSR count). The second-order valence-electron chi connectivity index (χ2n) is 5.30. The molecule has 23 heavy (non-hydrogen) atoms. The van der Waals surface area contributed by atoms with Crippen LogP contribution in [0.1, 0.15) is 18.4 Å². The number of benzene rings is 1. The number of aliphatic hydroxyl groups is 1. The molecule has 1 aromatic carbocycles. The van der Waals surface area contributed by atoms with E-state index in [1.807, 2.05) is 30.3 Å². The molecule has 0 saturated carbocycles. The summed E-state index contributed by atoms with van der Waals surface area (Å²) in [7, 11) is 0. The van der Waals surface area contributed by atoms with E-state index in [0.29, 0.717) is 25.8 Å². The standard InChI is InChI=1S/C16H26N4O3/c17-8-4-7-14(16(23)19-9-10-21)20-15(22)13(18)11-12-5-2-1-3-6-12/h1-3,5-6,13-14,21H,4,7-11,17-18H2,(H,19,23)(H,20,22). The lowest BCUT2D eigenvalue weighted by molar-refractivity contribution is -0.129. The van der Waals surface area contributed by atoms with Gasteiger partial charge in [-0.25, -0.2) is 0 Å². The van der Waals surface area contributed by atoms with Crippen molar-refractivity contribution < 1.29 is 14.7 Å². The molecule has 2 amide bonds. The van der Waals surface area contributed by atoms with Gasteiger partial charge in [0.25, 0.3) is 0 Å². The summed E-state index contributed by atoms with van der Waals surface area (Å²) in [5.41, 5.74) is 12.3. The Kier molecular flexibility index (Phi) is 8.89. The van der Waals surface area contributed by atoms with Gasteiger partial charge in [0, 0.05) is 6.54 Å². The van der Waals surface area contributed by atoms with Crippen LogP contribution in [0.15, 0.2) is 30.3 Å². The topological polar surface area (TPSA) is 130 Å². The van der Waals surface area contributed by atoms with Crippen molar-refractivity contribution in [2.45, 2.75) is 31.3 Å². The van der Waals surface area contributed by atoms with Crippen molar-refractivity contribution in [2.75, 3.05) is 19.7 Å². The predicted octanol–water partition coefficient (Wildman–Crippen LogP) is -1.11. The van der Waals surface area contributed by atoms with E-state index in [9.17, 15) is 9.59 Å². The van der Waals surface area contributed by atoms with E-state index in [1.54, 1.807) is 0 Å². The highest BCUT2D eigenvalue weighted by molar-refractivity contribution is 5.89. The van der Waals surface area contributed by atoms with Crippen molar-refractivity contribution in [3.63, 3.8) is 0 Å². The minimum Gasteiger partial charge on any atom is -0.395 e. The SMILES string of the molecule is NCCCC(NC(=O)C(N)Cc1ccccc1)C(=O)NCCO. The summed E-state index contributed by atoms with van der Waals surface area (Å²) in [6, 6.07) is 8.02. The van der Waals surface area contributed by atoms with Gasteiger partial charge in [-0.1, -0.05) is 30.3 Å². The van der Waals surface area contributed by atoms with E-state index in [2.05, 4.69) is 10.6 Å². The molecule has 0 aliphatic heterocycles. The highest BCUT2D eigenvalue weighted by Crippen LogP contribution is 2.03. The number of hydrogen-bond acceptors (Lipinski definition) is 5. The van der Waals surface area contributed by atoms with Gasteiger partial charge in [-0.2, -0.15) is 0 Å². The van der Waals surface area contributed by atoms with Crippen LogP contribution >= 0.6 is 0 Å². The van der Waals surface area contributed by atoms with Crippen molar-refractivity contribution in [2.24, 2.45) is 11.5 Å². The summed E-state index contributed by atoms with van der Waals surface area (Å²) in [5, 5.41) is 14.0. The molecule has 0 aliphatic carbocycles. The Labute approximate surface area is 136 Å². The first-order chi connectivity index (χ1) is 11.1. The van der Waals surface area contributed by atoms with Crippen LogP contribution in [0.2, 0.25) is 0 Å². The molecule has 7 heteroatoms. The molecule has 0 radical (unpaired) electrons. The third-order valence-electron chi connectivity index (χ3n) is 3.38. The highest BCUT2D eigenvalue weighted by Gasteiger charge is 2.23. The van der Waals surface area contributed by atoms with Crippen LogP contribution in [-0.2, 0) is 16.0 Å². The van der Waals surface area contributed by atoms with Gasteiger partial charge in [0.15, 0.2) is 0 Å². The molecule has 0 fully saturated rings. The summed E-state index contributed by atoms with van der Waals surface area (Å²) in [6.07, 6.45) is 1.43. The first-order valence-corrected chi connectivity index (χ1v) is 7.77. The first-order valence-electron chi connectivity index (χ1n) is 7.77. The summed E-state index contributed by atoms with van der Waals surface area (Å²) >= 11 is 0. The number of amides is 2. The van der Waals surface area contributed by atoms with Crippen LogP contribution < -0.4 is 22.1 Å². The third-order valence-corrected chi connectivity index (χ3v) is 3.38. The maximum Gasteiger partial charge on any atom is 0.242 e. The van der Waals surface area contributed by atoms with Gasteiger partial charge in [-0.3, -0.25) is 9.59 Å². The number of aliphatic hydroxyl groups excluding tert-OH is 1. The van der Waals surface area contributed by atoms with Crippen molar-refractivity contribution in [3.8, 4) is 0 Å². The highest BCUT2D eigenvalue weighted by atomic mass is 16.3. The van der Waals surface area contributed by atoms with Crippen molar-refractivity contribution in [1.82, 2.24) is 10.6 Å². The second-order valence-corrected chi connectivity index (χ2v) is 5.30. The van der Waals surface area contributed by atoms with Gasteiger partial charge in [0.2, 0.25) is 11.8 Å². The fourth-order valence-corrected chi connectivity index (χ4v) is 2.13. The molecule has 7 nitrogen and oxygen atoms in total. The van der Waals surface area contributed by atoms with Gasteiger partial charge < -0.3 is 27.2 Å². The van der Waals surface area contributed by atoms with E-state index >= 15 is 0 Å². The summed E-state index contributed by atoms with van der Waals surface area (Å²) in [6.45, 7) is 0.413. The number of nitrogens with one attached hydrogen (secondary N) is 2. The van der Waals surface area contributed by atoms with E-state index < -0.39 is 12.1 Å². The molecule has 0 saturated heterocycles. The molecule has 0 bridgehead atoms. The first kappa shape index (κ1) is 19.1. The lowest BCUT2D eigenvalue weighted by atomic mass is 10.0. The largest absolute Gasteiger partial charge is 0.395 e.